The molecule has 0 saturated carbocycles. The number of aromatic amines is 1. The van der Waals surface area contributed by atoms with E-state index >= 15 is 0 Å². The number of fused-ring (bicyclic) bond motifs is 1. The Bertz CT molecular complexity index is 908. The fraction of sp³-hybridized carbons (Fsp3) is 0.158. The van der Waals surface area contributed by atoms with Crippen molar-refractivity contribution in [2.75, 3.05) is 11.1 Å². The van der Waals surface area contributed by atoms with Gasteiger partial charge >= 0.3 is 0 Å². The van der Waals surface area contributed by atoms with E-state index in [1.165, 1.54) is 0 Å². The van der Waals surface area contributed by atoms with E-state index in [1.54, 1.807) is 11.8 Å². The molecule has 6 heteroatoms. The second-order valence-electron chi connectivity index (χ2n) is 5.84. The van der Waals surface area contributed by atoms with Gasteiger partial charge in [-0.15, -0.1) is 11.8 Å². The maximum atomic E-state index is 11.9. The molecule has 1 aliphatic heterocycles. The lowest BCUT2D eigenvalue weighted by Gasteiger charge is -2.16. The number of nitrogens with one attached hydrogen (secondary N) is 2. The van der Waals surface area contributed by atoms with Crippen LogP contribution in [0.25, 0.3) is 0 Å². The van der Waals surface area contributed by atoms with E-state index in [-0.39, 0.29) is 11.2 Å². The number of ether oxygens (including phenoxy) is 1. The lowest BCUT2D eigenvalue weighted by molar-refractivity contribution is -0.113. The third-order valence-electron chi connectivity index (χ3n) is 4.04. The van der Waals surface area contributed by atoms with Gasteiger partial charge in [-0.05, 0) is 36.8 Å². The van der Waals surface area contributed by atoms with Gasteiger partial charge in [-0.2, -0.15) is 5.10 Å². The van der Waals surface area contributed by atoms with Crippen LogP contribution >= 0.6 is 11.8 Å². The summed E-state index contributed by atoms with van der Waals surface area (Å²) < 4.78 is 5.95. The van der Waals surface area contributed by atoms with Crippen LogP contribution in [0.5, 0.6) is 11.5 Å². The van der Waals surface area contributed by atoms with Crippen molar-refractivity contribution in [2.45, 2.75) is 12.2 Å². The third-order valence-corrected chi connectivity index (χ3v) is 5.31. The second-order valence-corrected chi connectivity index (χ2v) is 6.93. The van der Waals surface area contributed by atoms with Crippen LogP contribution in [0.1, 0.15) is 22.1 Å². The zero-order valence-electron chi connectivity index (χ0n) is 13.7. The molecule has 4 rings (SSSR count). The first-order valence-electron chi connectivity index (χ1n) is 8.00. The number of benzene rings is 2. The highest BCUT2D eigenvalue weighted by molar-refractivity contribution is 8.00. The van der Waals surface area contributed by atoms with Crippen LogP contribution in [-0.2, 0) is 4.79 Å². The van der Waals surface area contributed by atoms with Crippen molar-refractivity contribution in [1.29, 1.82) is 0 Å². The summed E-state index contributed by atoms with van der Waals surface area (Å²) >= 11 is 1.59. The fourth-order valence-electron chi connectivity index (χ4n) is 2.89. The van der Waals surface area contributed by atoms with Crippen molar-refractivity contribution in [3.05, 3.63) is 71.4 Å². The topological polar surface area (TPSA) is 67.0 Å². The molecule has 5 nitrogen and oxygen atoms in total. The molecule has 0 saturated heterocycles. The monoisotopic (exact) mass is 351 g/mol. The van der Waals surface area contributed by atoms with Gasteiger partial charge in [0.15, 0.2) is 5.82 Å². The number of hydrogen-bond donors (Lipinski definition) is 2. The van der Waals surface area contributed by atoms with Gasteiger partial charge in [0.25, 0.3) is 0 Å². The molecule has 2 N–H and O–H groups in total. The van der Waals surface area contributed by atoms with Crippen molar-refractivity contribution in [3.63, 3.8) is 0 Å². The lowest BCUT2D eigenvalue weighted by atomic mass is 10.0. The molecule has 0 spiro atoms. The van der Waals surface area contributed by atoms with Gasteiger partial charge in [0, 0.05) is 11.3 Å². The number of carbonyl (C=O) groups is 1. The summed E-state index contributed by atoms with van der Waals surface area (Å²) in [5.74, 6) is 2.55. The summed E-state index contributed by atoms with van der Waals surface area (Å²) in [4.78, 5) is 11.9. The van der Waals surface area contributed by atoms with E-state index in [0.29, 0.717) is 11.6 Å². The standard InChI is InChI=1S/C19H17N3O2S/c1-12-17-18(25-11-16(23)20-19(17)22-21-12)13-6-5-9-15(10-13)24-14-7-3-2-4-8-14/h2-10,18H,11H2,1H3,(H2,20,21,22,23). The molecule has 2 aromatic carbocycles. The predicted octanol–water partition coefficient (Wildman–Crippen LogP) is 4.29. The van der Waals surface area contributed by atoms with Crippen molar-refractivity contribution in [3.8, 4) is 11.5 Å². The number of anilines is 1. The number of aryl methyl sites for hydroxylation is 1. The van der Waals surface area contributed by atoms with Gasteiger partial charge in [0.1, 0.15) is 11.5 Å². The number of hydrogen-bond acceptors (Lipinski definition) is 4. The first-order chi connectivity index (χ1) is 12.2. The van der Waals surface area contributed by atoms with Gasteiger partial charge in [0.05, 0.1) is 11.0 Å². The van der Waals surface area contributed by atoms with Crippen LogP contribution < -0.4 is 10.1 Å². The molecule has 126 valence electrons. The largest absolute Gasteiger partial charge is 0.457 e. The minimum absolute atomic E-state index is 0.0204. The number of H-pyrrole nitrogens is 1. The van der Waals surface area contributed by atoms with Gasteiger partial charge in [-0.25, -0.2) is 0 Å². The van der Waals surface area contributed by atoms with Crippen LogP contribution in [0.2, 0.25) is 0 Å². The molecule has 1 aliphatic rings. The van der Waals surface area contributed by atoms with Gasteiger partial charge in [-0.1, -0.05) is 30.3 Å². The first kappa shape index (κ1) is 15.8. The Morgan fingerprint density at radius 3 is 2.76 bits per heavy atom. The molecule has 0 radical (unpaired) electrons. The lowest BCUT2D eigenvalue weighted by Crippen LogP contribution is -2.12. The summed E-state index contributed by atoms with van der Waals surface area (Å²) in [7, 11) is 0. The number of para-hydroxylation sites is 1. The average molecular weight is 351 g/mol. The third kappa shape index (κ3) is 3.25. The Kier molecular flexibility index (Phi) is 4.19. The SMILES string of the molecule is Cc1[nH]nc2c1C(c1cccc(Oc3ccccc3)c1)SCC(=O)N2. The summed E-state index contributed by atoms with van der Waals surface area (Å²) in [6.45, 7) is 1.97. The Morgan fingerprint density at radius 1 is 1.12 bits per heavy atom. The molecular weight excluding hydrogens is 334 g/mol. The second kappa shape index (κ2) is 6.64. The molecule has 0 bridgehead atoms. The summed E-state index contributed by atoms with van der Waals surface area (Å²) in [5.41, 5.74) is 3.07. The molecule has 1 amide bonds. The summed E-state index contributed by atoms with van der Waals surface area (Å²) in [6.07, 6.45) is 0. The number of nitrogens with zero attached hydrogens (tertiary/aromatic N) is 1. The van der Waals surface area contributed by atoms with E-state index in [0.717, 1.165) is 28.3 Å². The zero-order valence-corrected chi connectivity index (χ0v) is 14.5. The summed E-state index contributed by atoms with van der Waals surface area (Å²) in [5, 5.41) is 10.1. The van der Waals surface area contributed by atoms with E-state index < -0.39 is 0 Å². The number of amides is 1. The van der Waals surface area contributed by atoms with Gasteiger partial charge < -0.3 is 10.1 Å². The van der Waals surface area contributed by atoms with E-state index in [2.05, 4.69) is 21.6 Å². The smallest absolute Gasteiger partial charge is 0.235 e. The van der Waals surface area contributed by atoms with Gasteiger partial charge in [0.2, 0.25) is 5.91 Å². The number of rotatable bonds is 3. The van der Waals surface area contributed by atoms with E-state index in [9.17, 15) is 4.79 Å². The normalized spacial score (nSPS) is 16.7. The molecule has 2 heterocycles. The number of aromatic nitrogens is 2. The highest BCUT2D eigenvalue weighted by atomic mass is 32.2. The van der Waals surface area contributed by atoms with Crippen molar-refractivity contribution < 1.29 is 9.53 Å². The molecule has 25 heavy (non-hydrogen) atoms. The minimum Gasteiger partial charge on any atom is -0.457 e. The van der Waals surface area contributed by atoms with Crippen LogP contribution in [0, 0.1) is 6.92 Å². The maximum absolute atomic E-state index is 11.9. The molecular formula is C19H17N3O2S. The molecule has 1 aromatic heterocycles. The molecule has 3 aromatic rings. The quantitative estimate of drug-likeness (QED) is 0.739. The average Bonchev–Trinajstić information content (AvgIpc) is 2.88. The maximum Gasteiger partial charge on any atom is 0.235 e. The summed E-state index contributed by atoms with van der Waals surface area (Å²) in [6, 6.07) is 17.7. The Balaban J connectivity index is 1.69. The minimum atomic E-state index is -0.0306. The molecule has 1 atom stereocenters. The van der Waals surface area contributed by atoms with Gasteiger partial charge in [-0.3, -0.25) is 9.89 Å². The van der Waals surface area contributed by atoms with Crippen LogP contribution in [0.3, 0.4) is 0 Å². The van der Waals surface area contributed by atoms with Crippen molar-refractivity contribution in [1.82, 2.24) is 10.2 Å². The fourth-order valence-corrected chi connectivity index (χ4v) is 4.08. The van der Waals surface area contributed by atoms with Crippen molar-refractivity contribution in [2.24, 2.45) is 0 Å². The van der Waals surface area contributed by atoms with Crippen LogP contribution in [0.15, 0.2) is 54.6 Å². The molecule has 1 unspecified atom stereocenters. The highest BCUT2D eigenvalue weighted by Gasteiger charge is 2.28. The zero-order chi connectivity index (χ0) is 17.2. The van der Waals surface area contributed by atoms with Crippen molar-refractivity contribution >= 4 is 23.5 Å². The number of thioether (sulfide) groups is 1. The molecule has 0 fully saturated rings. The van der Waals surface area contributed by atoms with E-state index in [4.69, 9.17) is 4.74 Å². The van der Waals surface area contributed by atoms with E-state index in [1.807, 2.05) is 55.5 Å². The Morgan fingerprint density at radius 2 is 1.92 bits per heavy atom. The predicted molar refractivity (Wildman–Crippen MR) is 99.2 cm³/mol. The highest BCUT2D eigenvalue weighted by Crippen LogP contribution is 2.43. The Hall–Kier alpha value is -2.73. The first-order valence-corrected chi connectivity index (χ1v) is 9.05. The number of carbonyl (C=O) groups excluding carboxylic acids is 1. The van der Waals surface area contributed by atoms with Crippen LogP contribution in [0.4, 0.5) is 5.82 Å². The Labute approximate surface area is 149 Å². The van der Waals surface area contributed by atoms with Crippen LogP contribution in [-0.4, -0.2) is 21.9 Å². The molecule has 0 aliphatic carbocycles.